The number of allylic oxidation sites excluding steroid dienone is 2. The summed E-state index contributed by atoms with van der Waals surface area (Å²) in [5.41, 5.74) is 8.25. The fraction of sp³-hybridized carbons (Fsp3) is 0.308. The first kappa shape index (κ1) is 14.3. The predicted octanol–water partition coefficient (Wildman–Crippen LogP) is 1.75. The third-order valence-corrected chi connectivity index (χ3v) is 3.17. The summed E-state index contributed by atoms with van der Waals surface area (Å²) in [6.45, 7) is 1.61. The van der Waals surface area contributed by atoms with Gasteiger partial charge in [0.2, 0.25) is 0 Å². The standard InChI is InChI=1S/C13H15N3O3S/c1-7(15-16-13(14)20)12-9(17)5-8(6-10(12)18)11-3-2-4-19-11/h2-4,8,17H,5-6H2,1H3,(H3,14,16,20)/b15-7+. The maximum Gasteiger partial charge on any atom is 0.184 e. The molecule has 106 valence electrons. The van der Waals surface area contributed by atoms with Crippen LogP contribution in [0.1, 0.15) is 31.4 Å². The van der Waals surface area contributed by atoms with Crippen molar-refractivity contribution in [1.82, 2.24) is 5.43 Å². The number of carbonyl (C=O) groups is 1. The highest BCUT2D eigenvalue weighted by Crippen LogP contribution is 2.34. The zero-order valence-electron chi connectivity index (χ0n) is 10.9. The van der Waals surface area contributed by atoms with Gasteiger partial charge in [-0.1, -0.05) is 0 Å². The van der Waals surface area contributed by atoms with E-state index in [9.17, 15) is 9.90 Å². The first-order valence-corrected chi connectivity index (χ1v) is 6.48. The van der Waals surface area contributed by atoms with Gasteiger partial charge in [-0.15, -0.1) is 0 Å². The Hall–Kier alpha value is -2.15. The largest absolute Gasteiger partial charge is 0.511 e. The zero-order chi connectivity index (χ0) is 14.7. The summed E-state index contributed by atoms with van der Waals surface area (Å²) < 4.78 is 5.28. The van der Waals surface area contributed by atoms with Gasteiger partial charge in [0, 0.05) is 18.8 Å². The minimum Gasteiger partial charge on any atom is -0.511 e. The van der Waals surface area contributed by atoms with Crippen molar-refractivity contribution in [1.29, 1.82) is 0 Å². The minimum absolute atomic E-state index is 0.00107. The molecule has 0 fully saturated rings. The van der Waals surface area contributed by atoms with E-state index in [0.717, 1.165) is 0 Å². The highest BCUT2D eigenvalue weighted by Gasteiger charge is 2.31. The number of ketones is 1. The third kappa shape index (κ3) is 3.05. The number of aliphatic hydroxyl groups is 1. The van der Waals surface area contributed by atoms with Crippen LogP contribution in [0.15, 0.2) is 39.2 Å². The number of hydrazone groups is 1. The molecule has 0 aliphatic heterocycles. The van der Waals surface area contributed by atoms with Crippen LogP contribution in [0.2, 0.25) is 0 Å². The van der Waals surface area contributed by atoms with Gasteiger partial charge in [-0.25, -0.2) is 0 Å². The lowest BCUT2D eigenvalue weighted by molar-refractivity contribution is -0.116. The molecule has 0 radical (unpaired) electrons. The molecule has 0 saturated heterocycles. The van der Waals surface area contributed by atoms with E-state index in [1.54, 1.807) is 25.3 Å². The second-order valence-electron chi connectivity index (χ2n) is 4.54. The Kier molecular flexibility index (Phi) is 4.19. The molecular weight excluding hydrogens is 278 g/mol. The van der Waals surface area contributed by atoms with Crippen molar-refractivity contribution in [2.75, 3.05) is 0 Å². The van der Waals surface area contributed by atoms with Crippen LogP contribution in [-0.4, -0.2) is 21.7 Å². The molecule has 0 spiro atoms. The molecular formula is C13H15N3O3S. The zero-order valence-corrected chi connectivity index (χ0v) is 11.7. The van der Waals surface area contributed by atoms with Crippen molar-refractivity contribution in [3.05, 3.63) is 35.5 Å². The Bertz CT molecular complexity index is 590. The number of furan rings is 1. The topological polar surface area (TPSA) is 101 Å². The number of hydrogen-bond donors (Lipinski definition) is 3. The molecule has 1 aliphatic carbocycles. The van der Waals surface area contributed by atoms with Crippen LogP contribution in [0.25, 0.3) is 0 Å². The van der Waals surface area contributed by atoms with Crippen molar-refractivity contribution in [3.8, 4) is 0 Å². The molecule has 7 heteroatoms. The fourth-order valence-corrected chi connectivity index (χ4v) is 2.27. The van der Waals surface area contributed by atoms with Crippen LogP contribution in [0.3, 0.4) is 0 Å². The summed E-state index contributed by atoms with van der Waals surface area (Å²) in [4.78, 5) is 12.2. The molecule has 0 amide bonds. The normalized spacial score (nSPS) is 20.1. The second kappa shape index (κ2) is 5.87. The number of rotatable bonds is 3. The number of nitrogens with two attached hydrogens (primary N) is 1. The average molecular weight is 293 g/mol. The lowest BCUT2D eigenvalue weighted by Gasteiger charge is -2.21. The molecule has 20 heavy (non-hydrogen) atoms. The van der Waals surface area contributed by atoms with Crippen molar-refractivity contribution in [3.63, 3.8) is 0 Å². The molecule has 2 rings (SSSR count). The molecule has 0 aromatic carbocycles. The van der Waals surface area contributed by atoms with Crippen molar-refractivity contribution in [2.45, 2.75) is 25.7 Å². The van der Waals surface area contributed by atoms with E-state index in [1.807, 2.05) is 0 Å². The number of thiocarbonyl (C=S) groups is 1. The van der Waals surface area contributed by atoms with E-state index < -0.39 is 0 Å². The molecule has 0 bridgehead atoms. The Morgan fingerprint density at radius 1 is 1.60 bits per heavy atom. The first-order valence-electron chi connectivity index (χ1n) is 6.08. The van der Waals surface area contributed by atoms with Gasteiger partial charge in [-0.2, -0.15) is 5.10 Å². The summed E-state index contributed by atoms with van der Waals surface area (Å²) in [6.07, 6.45) is 2.16. The Morgan fingerprint density at radius 3 is 2.90 bits per heavy atom. The molecule has 4 N–H and O–H groups in total. The molecule has 6 nitrogen and oxygen atoms in total. The van der Waals surface area contributed by atoms with Gasteiger partial charge in [0.25, 0.3) is 0 Å². The molecule has 1 unspecified atom stereocenters. The van der Waals surface area contributed by atoms with Crippen LogP contribution in [0.5, 0.6) is 0 Å². The van der Waals surface area contributed by atoms with Crippen LogP contribution in [0.4, 0.5) is 0 Å². The van der Waals surface area contributed by atoms with Crippen molar-refractivity contribution >= 4 is 28.8 Å². The Labute approximate surface area is 121 Å². The maximum absolute atomic E-state index is 12.2. The average Bonchev–Trinajstić information content (AvgIpc) is 2.89. The number of carbonyl (C=O) groups excluding carboxylic acids is 1. The highest BCUT2D eigenvalue weighted by molar-refractivity contribution is 7.80. The molecule has 1 aromatic rings. The number of nitrogens with zero attached hydrogens (tertiary/aromatic N) is 1. The first-order chi connectivity index (χ1) is 9.49. The van der Waals surface area contributed by atoms with E-state index >= 15 is 0 Å². The maximum atomic E-state index is 12.2. The van der Waals surface area contributed by atoms with Crippen molar-refractivity contribution in [2.24, 2.45) is 10.8 Å². The molecule has 1 atom stereocenters. The van der Waals surface area contributed by atoms with Gasteiger partial charge in [0.15, 0.2) is 10.9 Å². The quantitative estimate of drug-likeness (QED) is 0.446. The summed E-state index contributed by atoms with van der Waals surface area (Å²) in [6, 6.07) is 3.56. The van der Waals surface area contributed by atoms with E-state index in [1.165, 1.54) is 0 Å². The van der Waals surface area contributed by atoms with Crippen molar-refractivity contribution < 1.29 is 14.3 Å². The van der Waals surface area contributed by atoms with E-state index in [0.29, 0.717) is 17.9 Å². The SMILES string of the molecule is C/C(=N\NC(N)=S)C1=C(O)CC(c2ccco2)CC1=O. The van der Waals surface area contributed by atoms with Crippen LogP contribution in [-0.2, 0) is 4.79 Å². The van der Waals surface area contributed by atoms with Gasteiger partial charge in [-0.05, 0) is 31.3 Å². The van der Waals surface area contributed by atoms with Crippen LogP contribution >= 0.6 is 12.2 Å². The van der Waals surface area contributed by atoms with Gasteiger partial charge in [0.1, 0.15) is 11.5 Å². The number of aliphatic hydroxyl groups excluding tert-OH is 1. The smallest absolute Gasteiger partial charge is 0.184 e. The van der Waals surface area contributed by atoms with Gasteiger partial charge in [-0.3, -0.25) is 10.2 Å². The van der Waals surface area contributed by atoms with Gasteiger partial charge < -0.3 is 15.3 Å². The van der Waals surface area contributed by atoms with E-state index in [-0.39, 0.29) is 34.6 Å². The highest BCUT2D eigenvalue weighted by atomic mass is 32.1. The number of Topliss-reactive ketones (excluding diaryl/α,β-unsaturated/α-hetero) is 1. The monoisotopic (exact) mass is 293 g/mol. The summed E-state index contributed by atoms with van der Waals surface area (Å²) >= 11 is 4.63. The second-order valence-corrected chi connectivity index (χ2v) is 4.98. The number of nitrogens with one attached hydrogen (secondary N) is 1. The lowest BCUT2D eigenvalue weighted by Crippen LogP contribution is -2.28. The Morgan fingerprint density at radius 2 is 2.35 bits per heavy atom. The summed E-state index contributed by atoms with van der Waals surface area (Å²) in [5, 5.41) is 14.0. The van der Waals surface area contributed by atoms with Crippen LogP contribution in [0, 0.1) is 0 Å². The number of hydrogen-bond acceptors (Lipinski definition) is 5. The van der Waals surface area contributed by atoms with E-state index in [2.05, 4.69) is 22.7 Å². The predicted molar refractivity (Wildman–Crippen MR) is 78.4 cm³/mol. The van der Waals surface area contributed by atoms with Gasteiger partial charge >= 0.3 is 0 Å². The molecule has 0 saturated carbocycles. The molecule has 1 heterocycles. The third-order valence-electron chi connectivity index (χ3n) is 3.08. The lowest BCUT2D eigenvalue weighted by atomic mass is 9.84. The van der Waals surface area contributed by atoms with Crippen LogP contribution < -0.4 is 11.2 Å². The molecule has 1 aliphatic rings. The molecule has 1 aromatic heterocycles. The van der Waals surface area contributed by atoms with E-state index in [4.69, 9.17) is 10.2 Å². The Balaban J connectivity index is 2.22. The summed E-state index contributed by atoms with van der Waals surface area (Å²) in [5.74, 6) is 0.382. The summed E-state index contributed by atoms with van der Waals surface area (Å²) in [7, 11) is 0. The fourth-order valence-electron chi connectivity index (χ4n) is 2.22. The van der Waals surface area contributed by atoms with Gasteiger partial charge in [0.05, 0.1) is 17.5 Å². The minimum atomic E-state index is -0.180.